The molecule has 202 valence electrons. The third-order valence-corrected chi connectivity index (χ3v) is 8.36. The fourth-order valence-corrected chi connectivity index (χ4v) is 5.47. The van der Waals surface area contributed by atoms with E-state index in [1.165, 1.54) is 0 Å². The molecule has 0 aliphatic carbocycles. The summed E-state index contributed by atoms with van der Waals surface area (Å²) in [5.74, 6) is 0. The normalized spacial score (nSPS) is 16.0. The van der Waals surface area contributed by atoms with Crippen LogP contribution in [0.15, 0.2) is 120 Å². The molecule has 5 nitrogen and oxygen atoms in total. The minimum atomic E-state index is -0.495. The average molecular weight is 538 g/mol. The summed E-state index contributed by atoms with van der Waals surface area (Å²) in [6.45, 7) is 8.27. The Kier molecular flexibility index (Phi) is 6.00. The van der Waals surface area contributed by atoms with Gasteiger partial charge >= 0.3 is 7.12 Å². The Morgan fingerprint density at radius 2 is 1.27 bits per heavy atom. The summed E-state index contributed by atoms with van der Waals surface area (Å²) in [4.78, 5) is 7.01. The molecular formula is C35H31BN2O3. The number of hydrogen-bond donors (Lipinski definition) is 0. The molecule has 1 aliphatic heterocycles. The molecule has 0 bridgehead atoms. The Balaban J connectivity index is 1.31. The molecule has 41 heavy (non-hydrogen) atoms. The van der Waals surface area contributed by atoms with Crippen molar-refractivity contribution < 1.29 is 13.7 Å². The molecule has 1 saturated heterocycles. The molecule has 1 fully saturated rings. The highest BCUT2D eigenvalue weighted by Gasteiger charge is 2.52. The quantitative estimate of drug-likeness (QED) is 0.206. The fourth-order valence-electron chi connectivity index (χ4n) is 5.47. The molecule has 1 aliphatic rings. The lowest BCUT2D eigenvalue weighted by Gasteiger charge is -2.32. The molecule has 0 N–H and O–H groups in total. The van der Waals surface area contributed by atoms with Gasteiger partial charge in [0.15, 0.2) is 0 Å². The van der Waals surface area contributed by atoms with Crippen LogP contribution in [0, 0.1) is 0 Å². The van der Waals surface area contributed by atoms with Gasteiger partial charge in [-0.1, -0.05) is 42.5 Å². The lowest BCUT2D eigenvalue weighted by molar-refractivity contribution is 0.00578. The van der Waals surface area contributed by atoms with Crippen molar-refractivity contribution in [2.45, 2.75) is 38.9 Å². The third-order valence-electron chi connectivity index (χ3n) is 8.36. The summed E-state index contributed by atoms with van der Waals surface area (Å²) in [6.07, 6.45) is 1.82. The first-order valence-electron chi connectivity index (χ1n) is 14.0. The highest BCUT2D eigenvalue weighted by molar-refractivity contribution is 6.63. The minimum Gasteiger partial charge on any atom is -0.456 e. The predicted octanol–water partition coefficient (Wildman–Crippen LogP) is 8.42. The smallest absolute Gasteiger partial charge is 0.456 e. The van der Waals surface area contributed by atoms with Crippen molar-refractivity contribution in [3.63, 3.8) is 0 Å². The first kappa shape index (κ1) is 25.6. The SMILES string of the molecule is CC1(C)OB(c2cccnc2-c2ccc3oc4cc(N(c5ccccc5)c5ccccc5)ccc4c3c2)OC1(C)C. The molecule has 0 radical (unpaired) electrons. The van der Waals surface area contributed by atoms with Crippen molar-refractivity contribution in [2.75, 3.05) is 4.90 Å². The van der Waals surface area contributed by atoms with Gasteiger partial charge in [0.1, 0.15) is 11.2 Å². The number of para-hydroxylation sites is 2. The van der Waals surface area contributed by atoms with Gasteiger partial charge in [-0.3, -0.25) is 4.98 Å². The van der Waals surface area contributed by atoms with E-state index >= 15 is 0 Å². The molecule has 0 atom stereocenters. The van der Waals surface area contributed by atoms with E-state index in [-0.39, 0.29) is 0 Å². The van der Waals surface area contributed by atoms with E-state index in [4.69, 9.17) is 18.7 Å². The number of fused-ring (bicyclic) bond motifs is 3. The molecule has 0 amide bonds. The predicted molar refractivity (Wildman–Crippen MR) is 167 cm³/mol. The van der Waals surface area contributed by atoms with Crippen LogP contribution in [0.1, 0.15) is 27.7 Å². The van der Waals surface area contributed by atoms with Gasteiger partial charge < -0.3 is 18.6 Å². The third kappa shape index (κ3) is 4.40. The van der Waals surface area contributed by atoms with Gasteiger partial charge in [0, 0.05) is 51.1 Å². The van der Waals surface area contributed by atoms with E-state index in [9.17, 15) is 0 Å². The zero-order valence-corrected chi connectivity index (χ0v) is 23.7. The molecule has 6 heteroatoms. The molecule has 7 rings (SSSR count). The van der Waals surface area contributed by atoms with Crippen LogP contribution < -0.4 is 10.4 Å². The molecule has 0 unspecified atom stereocenters. The van der Waals surface area contributed by atoms with Gasteiger partial charge in [0.05, 0.1) is 16.9 Å². The maximum absolute atomic E-state index is 6.39. The van der Waals surface area contributed by atoms with Crippen LogP contribution in [0.3, 0.4) is 0 Å². The number of benzene rings is 4. The molecular weight excluding hydrogens is 507 g/mol. The van der Waals surface area contributed by atoms with Gasteiger partial charge in [-0.05, 0) is 88.4 Å². The molecule has 0 saturated carbocycles. The van der Waals surface area contributed by atoms with Crippen LogP contribution in [-0.4, -0.2) is 23.3 Å². The minimum absolute atomic E-state index is 0.430. The number of furan rings is 1. The Bertz CT molecular complexity index is 1810. The van der Waals surface area contributed by atoms with Gasteiger partial charge in [-0.25, -0.2) is 0 Å². The van der Waals surface area contributed by atoms with Gasteiger partial charge in [-0.2, -0.15) is 0 Å². The zero-order valence-electron chi connectivity index (χ0n) is 23.7. The average Bonchev–Trinajstić information content (AvgIpc) is 3.45. The topological polar surface area (TPSA) is 47.7 Å². The summed E-state index contributed by atoms with van der Waals surface area (Å²) in [7, 11) is -0.495. The van der Waals surface area contributed by atoms with Crippen molar-refractivity contribution in [3.05, 3.63) is 115 Å². The second-order valence-electron chi connectivity index (χ2n) is 11.5. The largest absolute Gasteiger partial charge is 0.497 e. The van der Waals surface area contributed by atoms with Crippen LogP contribution in [0.25, 0.3) is 33.2 Å². The standard InChI is InChI=1S/C35H31BN2O3/c1-34(2)35(3,4)41-36(40-34)30-16-11-21-37-33(30)24-17-20-31-29(22-24)28-19-18-27(23-32(28)39-31)38(25-12-7-5-8-13-25)26-14-9-6-10-15-26/h5-23H,1-4H3. The number of anilines is 3. The van der Waals surface area contributed by atoms with Gasteiger partial charge in [-0.15, -0.1) is 0 Å². The molecule has 0 spiro atoms. The van der Waals surface area contributed by atoms with E-state index < -0.39 is 18.3 Å². The van der Waals surface area contributed by atoms with Crippen LogP contribution in [0.2, 0.25) is 0 Å². The van der Waals surface area contributed by atoms with Crippen LogP contribution in [-0.2, 0) is 9.31 Å². The number of hydrogen-bond acceptors (Lipinski definition) is 5. The van der Waals surface area contributed by atoms with Crippen molar-refractivity contribution in [3.8, 4) is 11.3 Å². The molecule has 4 aromatic carbocycles. The van der Waals surface area contributed by atoms with E-state index in [1.807, 2.05) is 36.5 Å². The van der Waals surface area contributed by atoms with E-state index in [0.717, 1.165) is 55.7 Å². The van der Waals surface area contributed by atoms with E-state index in [2.05, 4.69) is 111 Å². The lowest BCUT2D eigenvalue weighted by Crippen LogP contribution is -2.41. The summed E-state index contributed by atoms with van der Waals surface area (Å²) >= 11 is 0. The summed E-state index contributed by atoms with van der Waals surface area (Å²) < 4.78 is 19.2. The van der Waals surface area contributed by atoms with Gasteiger partial charge in [0.25, 0.3) is 0 Å². The van der Waals surface area contributed by atoms with Crippen LogP contribution in [0.4, 0.5) is 17.1 Å². The number of pyridine rings is 1. The Morgan fingerprint density at radius 1 is 0.610 bits per heavy atom. The summed E-state index contributed by atoms with van der Waals surface area (Å²) in [5, 5.41) is 2.10. The van der Waals surface area contributed by atoms with Crippen molar-refractivity contribution in [1.82, 2.24) is 4.98 Å². The highest BCUT2D eigenvalue weighted by atomic mass is 16.7. The maximum atomic E-state index is 6.39. The second kappa shape index (κ2) is 9.62. The summed E-state index contributed by atoms with van der Waals surface area (Å²) in [5.41, 5.74) is 6.76. The van der Waals surface area contributed by atoms with Gasteiger partial charge in [0.2, 0.25) is 0 Å². The van der Waals surface area contributed by atoms with Crippen molar-refractivity contribution in [1.29, 1.82) is 0 Å². The van der Waals surface area contributed by atoms with Crippen molar-refractivity contribution >= 4 is 51.6 Å². The molecule has 2 aromatic heterocycles. The highest BCUT2D eigenvalue weighted by Crippen LogP contribution is 2.40. The number of rotatable bonds is 5. The van der Waals surface area contributed by atoms with Crippen LogP contribution >= 0.6 is 0 Å². The van der Waals surface area contributed by atoms with Crippen molar-refractivity contribution in [2.24, 2.45) is 0 Å². The van der Waals surface area contributed by atoms with Crippen LogP contribution in [0.5, 0.6) is 0 Å². The Labute approximate surface area is 240 Å². The maximum Gasteiger partial charge on any atom is 0.497 e. The lowest BCUT2D eigenvalue weighted by atomic mass is 9.76. The number of nitrogens with zero attached hydrogens (tertiary/aromatic N) is 2. The first-order chi connectivity index (χ1) is 19.8. The Hall–Kier alpha value is -4.39. The first-order valence-corrected chi connectivity index (χ1v) is 14.0. The van der Waals surface area contributed by atoms with E-state index in [0.29, 0.717) is 0 Å². The fraction of sp³-hybridized carbons (Fsp3) is 0.171. The Morgan fingerprint density at radius 3 is 1.93 bits per heavy atom. The molecule has 6 aromatic rings. The summed E-state index contributed by atoms with van der Waals surface area (Å²) in [6, 6.07) is 37.4. The second-order valence-corrected chi connectivity index (χ2v) is 11.5. The number of aromatic nitrogens is 1. The molecule has 3 heterocycles. The zero-order chi connectivity index (χ0) is 28.2. The monoisotopic (exact) mass is 538 g/mol. The van der Waals surface area contributed by atoms with E-state index in [1.54, 1.807) is 0 Å².